The molecule has 8 aromatic carbocycles. The lowest BCUT2D eigenvalue weighted by Gasteiger charge is -2.27. The molecule has 4 heteroatoms. The zero-order chi connectivity index (χ0) is 34.2. The molecule has 3 heterocycles. The lowest BCUT2D eigenvalue weighted by molar-refractivity contribution is 0.669. The van der Waals surface area contributed by atoms with E-state index in [9.17, 15) is 0 Å². The van der Waals surface area contributed by atoms with Crippen LogP contribution < -0.4 is 4.90 Å². The molecule has 0 aliphatic heterocycles. The minimum atomic E-state index is 0.878. The monoisotopic (exact) mass is 699 g/mol. The topological polar surface area (TPSA) is 16.4 Å². The molecule has 0 radical (unpaired) electrons. The van der Waals surface area contributed by atoms with E-state index in [1.165, 1.54) is 62.6 Å². The van der Waals surface area contributed by atoms with Gasteiger partial charge in [0.15, 0.2) is 0 Å². The predicted octanol–water partition coefficient (Wildman–Crippen LogP) is 15.1. The molecular formula is C48H29NOS2. The van der Waals surface area contributed by atoms with Crippen molar-refractivity contribution in [3.8, 4) is 22.3 Å². The number of hydrogen-bond acceptors (Lipinski definition) is 4. The SMILES string of the molecule is c1cc(-c2cccc3c2sc2ccccc23)cc(N(c2ccc(-c3cccc4c3sc3ccccc34)cc2)c2cccc3oc4ccccc4c23)c1. The van der Waals surface area contributed by atoms with Crippen LogP contribution in [0, 0.1) is 0 Å². The van der Waals surface area contributed by atoms with E-state index in [0.29, 0.717) is 0 Å². The highest BCUT2D eigenvalue weighted by Crippen LogP contribution is 2.46. The van der Waals surface area contributed by atoms with Crippen molar-refractivity contribution in [2.24, 2.45) is 0 Å². The second kappa shape index (κ2) is 11.7. The number of thiophene rings is 2. The second-order valence-corrected chi connectivity index (χ2v) is 15.3. The fourth-order valence-electron chi connectivity index (χ4n) is 7.92. The molecule has 0 N–H and O–H groups in total. The van der Waals surface area contributed by atoms with Crippen LogP contribution >= 0.6 is 22.7 Å². The first-order chi connectivity index (χ1) is 25.8. The second-order valence-electron chi connectivity index (χ2n) is 13.2. The van der Waals surface area contributed by atoms with Crippen LogP contribution in [-0.4, -0.2) is 0 Å². The summed E-state index contributed by atoms with van der Waals surface area (Å²) >= 11 is 3.74. The molecule has 0 aliphatic carbocycles. The van der Waals surface area contributed by atoms with E-state index in [2.05, 4.69) is 175 Å². The molecule has 11 rings (SSSR count). The van der Waals surface area contributed by atoms with Crippen molar-refractivity contribution in [3.63, 3.8) is 0 Å². The van der Waals surface area contributed by atoms with E-state index < -0.39 is 0 Å². The Morgan fingerprint density at radius 2 is 0.942 bits per heavy atom. The number of furan rings is 1. The van der Waals surface area contributed by atoms with Gasteiger partial charge in [0.1, 0.15) is 11.2 Å². The Hall–Kier alpha value is -6.20. The van der Waals surface area contributed by atoms with Crippen molar-refractivity contribution < 1.29 is 4.42 Å². The van der Waals surface area contributed by atoms with Crippen LogP contribution in [0.3, 0.4) is 0 Å². The highest BCUT2D eigenvalue weighted by molar-refractivity contribution is 7.26. The summed E-state index contributed by atoms with van der Waals surface area (Å²) in [5.74, 6) is 0. The third-order valence-electron chi connectivity index (χ3n) is 10.3. The first-order valence-corrected chi connectivity index (χ1v) is 19.1. The van der Waals surface area contributed by atoms with Crippen LogP contribution in [0.5, 0.6) is 0 Å². The van der Waals surface area contributed by atoms with E-state index in [-0.39, 0.29) is 0 Å². The highest BCUT2D eigenvalue weighted by Gasteiger charge is 2.21. The minimum absolute atomic E-state index is 0.878. The van der Waals surface area contributed by atoms with Crippen LogP contribution in [0.15, 0.2) is 180 Å². The van der Waals surface area contributed by atoms with Gasteiger partial charge in [-0.05, 0) is 76.9 Å². The molecule has 0 fully saturated rings. The molecule has 0 bridgehead atoms. The molecule has 2 nitrogen and oxygen atoms in total. The van der Waals surface area contributed by atoms with E-state index in [0.717, 1.165) is 39.0 Å². The van der Waals surface area contributed by atoms with Gasteiger partial charge < -0.3 is 9.32 Å². The van der Waals surface area contributed by atoms with E-state index in [4.69, 9.17) is 4.42 Å². The Bertz CT molecular complexity index is 3150. The molecule has 0 aliphatic rings. The molecule has 3 aromatic heterocycles. The van der Waals surface area contributed by atoms with Gasteiger partial charge in [0.05, 0.1) is 11.1 Å². The summed E-state index contributed by atoms with van der Waals surface area (Å²) in [6.45, 7) is 0. The summed E-state index contributed by atoms with van der Waals surface area (Å²) in [5.41, 5.74) is 9.94. The van der Waals surface area contributed by atoms with Crippen LogP contribution in [0.1, 0.15) is 0 Å². The van der Waals surface area contributed by atoms with Gasteiger partial charge in [-0.1, -0.05) is 121 Å². The van der Waals surface area contributed by atoms with Crippen molar-refractivity contribution in [3.05, 3.63) is 176 Å². The number of anilines is 3. The van der Waals surface area contributed by atoms with Gasteiger partial charge in [-0.2, -0.15) is 0 Å². The molecular weight excluding hydrogens is 671 g/mol. The maximum Gasteiger partial charge on any atom is 0.137 e. The maximum absolute atomic E-state index is 6.40. The molecule has 0 amide bonds. The summed E-state index contributed by atoms with van der Waals surface area (Å²) in [4.78, 5) is 2.39. The lowest BCUT2D eigenvalue weighted by atomic mass is 10.0. The Morgan fingerprint density at radius 1 is 0.385 bits per heavy atom. The molecule has 52 heavy (non-hydrogen) atoms. The number of para-hydroxylation sites is 1. The molecule has 0 saturated heterocycles. The van der Waals surface area contributed by atoms with Crippen molar-refractivity contribution in [1.82, 2.24) is 0 Å². The standard InChI is InChI=1S/C48H29NOS2/c1-4-21-42-40(15-1)46-41(20-10-22-43(46)50-42)49(32-27-25-30(26-28-32)34-16-8-18-38-36-13-2-5-23-44(36)51-47(34)38)33-12-7-11-31(29-33)35-17-9-19-39-37-14-3-6-24-45(37)52-48(35)39/h1-29H. The van der Waals surface area contributed by atoms with Gasteiger partial charge >= 0.3 is 0 Å². The van der Waals surface area contributed by atoms with Crippen molar-refractivity contribution in [1.29, 1.82) is 0 Å². The molecule has 11 aromatic rings. The zero-order valence-electron chi connectivity index (χ0n) is 27.9. The van der Waals surface area contributed by atoms with Crippen molar-refractivity contribution in [2.75, 3.05) is 4.90 Å². The quantitative estimate of drug-likeness (QED) is 0.178. The summed E-state index contributed by atoms with van der Waals surface area (Å²) in [6, 6.07) is 63.6. The van der Waals surface area contributed by atoms with Gasteiger partial charge in [-0.15, -0.1) is 22.7 Å². The van der Waals surface area contributed by atoms with Crippen LogP contribution in [0.4, 0.5) is 17.1 Å². The summed E-state index contributed by atoms with van der Waals surface area (Å²) in [7, 11) is 0. The van der Waals surface area contributed by atoms with Gasteiger partial charge in [-0.3, -0.25) is 0 Å². The normalized spacial score (nSPS) is 11.8. The number of benzene rings is 8. The van der Waals surface area contributed by atoms with Gasteiger partial charge in [0, 0.05) is 57.1 Å². The first kappa shape index (κ1) is 29.5. The largest absolute Gasteiger partial charge is 0.456 e. The molecule has 0 spiro atoms. The Morgan fingerprint density at radius 3 is 1.65 bits per heavy atom. The van der Waals surface area contributed by atoms with Gasteiger partial charge in [0.25, 0.3) is 0 Å². The Balaban J connectivity index is 1.10. The summed E-state index contributed by atoms with van der Waals surface area (Å²) < 4.78 is 11.7. The van der Waals surface area contributed by atoms with Crippen LogP contribution in [-0.2, 0) is 0 Å². The van der Waals surface area contributed by atoms with E-state index in [1.807, 2.05) is 28.7 Å². The van der Waals surface area contributed by atoms with Crippen LogP contribution in [0.2, 0.25) is 0 Å². The fourth-order valence-corrected chi connectivity index (χ4v) is 10.4. The summed E-state index contributed by atoms with van der Waals surface area (Å²) in [6.07, 6.45) is 0. The lowest BCUT2D eigenvalue weighted by Crippen LogP contribution is -2.10. The van der Waals surface area contributed by atoms with Crippen LogP contribution in [0.25, 0.3) is 84.5 Å². The highest BCUT2D eigenvalue weighted by atomic mass is 32.1. The fraction of sp³-hybridized carbons (Fsp3) is 0. The molecule has 0 unspecified atom stereocenters. The minimum Gasteiger partial charge on any atom is -0.456 e. The van der Waals surface area contributed by atoms with E-state index in [1.54, 1.807) is 0 Å². The van der Waals surface area contributed by atoms with Gasteiger partial charge in [-0.25, -0.2) is 0 Å². The molecule has 244 valence electrons. The third kappa shape index (κ3) is 4.55. The number of nitrogens with zero attached hydrogens (tertiary/aromatic N) is 1. The van der Waals surface area contributed by atoms with Crippen molar-refractivity contribution >= 4 is 102 Å². The maximum atomic E-state index is 6.40. The smallest absolute Gasteiger partial charge is 0.137 e. The summed E-state index contributed by atoms with van der Waals surface area (Å²) in [5, 5.41) is 7.46. The number of rotatable bonds is 5. The average molecular weight is 700 g/mol. The van der Waals surface area contributed by atoms with Gasteiger partial charge in [0.2, 0.25) is 0 Å². The first-order valence-electron chi connectivity index (χ1n) is 17.5. The van der Waals surface area contributed by atoms with Crippen molar-refractivity contribution in [2.45, 2.75) is 0 Å². The Labute approximate surface area is 308 Å². The Kier molecular flexibility index (Phi) is 6.63. The number of hydrogen-bond donors (Lipinski definition) is 0. The third-order valence-corrected chi connectivity index (χ3v) is 12.7. The van der Waals surface area contributed by atoms with E-state index >= 15 is 0 Å². The predicted molar refractivity (Wildman–Crippen MR) is 225 cm³/mol. The zero-order valence-corrected chi connectivity index (χ0v) is 29.5. The number of fused-ring (bicyclic) bond motifs is 9. The average Bonchev–Trinajstić information content (AvgIpc) is 3.90. The molecule has 0 saturated carbocycles. The molecule has 0 atom stereocenters.